The molecule has 88 valence electrons. The van der Waals surface area contributed by atoms with E-state index >= 15 is 0 Å². The van der Waals surface area contributed by atoms with Crippen molar-refractivity contribution in [3.05, 3.63) is 32.6 Å². The number of nitrogens with one attached hydrogen (secondary N) is 1. The molecule has 1 aliphatic heterocycles. The lowest BCUT2D eigenvalue weighted by Crippen LogP contribution is -2.33. The van der Waals surface area contributed by atoms with Gasteiger partial charge in [-0.05, 0) is 19.8 Å². The molecule has 0 spiro atoms. The number of hydrogen-bond donors (Lipinski definition) is 2. The van der Waals surface area contributed by atoms with Gasteiger partial charge in [-0.3, -0.25) is 14.3 Å². The van der Waals surface area contributed by atoms with E-state index in [9.17, 15) is 9.59 Å². The maximum atomic E-state index is 11.6. The van der Waals surface area contributed by atoms with Gasteiger partial charge in [0.2, 0.25) is 0 Å². The highest BCUT2D eigenvalue weighted by molar-refractivity contribution is 5.01. The first kappa shape index (κ1) is 11.1. The third-order valence-corrected chi connectivity index (χ3v) is 2.80. The molecule has 0 aliphatic carbocycles. The van der Waals surface area contributed by atoms with Crippen molar-refractivity contribution in [3.8, 4) is 0 Å². The predicted octanol–water partition coefficient (Wildman–Crippen LogP) is -0.519. The first-order chi connectivity index (χ1) is 7.61. The zero-order valence-corrected chi connectivity index (χ0v) is 9.10. The largest absolute Gasteiger partial charge is 0.353 e. The van der Waals surface area contributed by atoms with Crippen molar-refractivity contribution in [2.24, 2.45) is 5.73 Å². The molecule has 2 atom stereocenters. The lowest BCUT2D eigenvalue weighted by Gasteiger charge is -2.15. The number of hydrogen-bond acceptors (Lipinski definition) is 4. The van der Waals surface area contributed by atoms with Crippen LogP contribution >= 0.6 is 0 Å². The number of H-pyrrole nitrogens is 1. The Hall–Kier alpha value is -1.40. The molecule has 0 radical (unpaired) electrons. The molecule has 1 aromatic rings. The number of aromatic nitrogens is 2. The van der Waals surface area contributed by atoms with Crippen molar-refractivity contribution in [1.82, 2.24) is 9.55 Å². The molecule has 1 saturated heterocycles. The highest BCUT2D eigenvalue weighted by atomic mass is 16.5. The van der Waals surface area contributed by atoms with E-state index in [1.54, 1.807) is 6.92 Å². The molecule has 0 saturated carbocycles. The zero-order chi connectivity index (χ0) is 11.7. The number of ether oxygens (including phenoxy) is 1. The van der Waals surface area contributed by atoms with E-state index in [1.807, 2.05) is 0 Å². The maximum absolute atomic E-state index is 11.6. The highest BCUT2D eigenvalue weighted by Gasteiger charge is 2.26. The molecule has 1 aliphatic rings. The Morgan fingerprint density at radius 1 is 1.56 bits per heavy atom. The summed E-state index contributed by atoms with van der Waals surface area (Å²) in [4.78, 5) is 25.0. The summed E-state index contributed by atoms with van der Waals surface area (Å²) in [6, 6.07) is 0. The number of nitrogens with two attached hydrogens (primary N) is 1. The molecular weight excluding hydrogens is 210 g/mol. The monoisotopic (exact) mass is 225 g/mol. The molecule has 6 nitrogen and oxygen atoms in total. The van der Waals surface area contributed by atoms with Crippen LogP contribution in [-0.2, 0) is 4.74 Å². The van der Waals surface area contributed by atoms with Gasteiger partial charge in [-0.15, -0.1) is 0 Å². The Balaban J connectivity index is 2.32. The summed E-state index contributed by atoms with van der Waals surface area (Å²) in [5, 5.41) is 0. The van der Waals surface area contributed by atoms with Crippen LogP contribution in [0.4, 0.5) is 0 Å². The molecule has 2 rings (SSSR count). The summed E-state index contributed by atoms with van der Waals surface area (Å²) in [5.74, 6) is 0. The fraction of sp³-hybridized carbons (Fsp3) is 0.600. The summed E-state index contributed by atoms with van der Waals surface area (Å²) in [6.45, 7) is 2.11. The van der Waals surface area contributed by atoms with Gasteiger partial charge in [-0.1, -0.05) is 0 Å². The van der Waals surface area contributed by atoms with Gasteiger partial charge >= 0.3 is 5.69 Å². The van der Waals surface area contributed by atoms with Crippen LogP contribution in [0.3, 0.4) is 0 Å². The topological polar surface area (TPSA) is 90.1 Å². The Bertz CT molecular complexity index is 491. The van der Waals surface area contributed by atoms with Gasteiger partial charge in [0.25, 0.3) is 5.56 Å². The van der Waals surface area contributed by atoms with Crippen LogP contribution in [0.25, 0.3) is 0 Å². The summed E-state index contributed by atoms with van der Waals surface area (Å²) in [5.41, 5.74) is 5.21. The van der Waals surface area contributed by atoms with E-state index in [4.69, 9.17) is 10.5 Å². The number of aryl methyl sites for hydroxylation is 1. The summed E-state index contributed by atoms with van der Waals surface area (Å²) < 4.78 is 7.01. The SMILES string of the molecule is Cc1cn(C2CCC(CN)O2)c(=O)[nH]c1=O. The van der Waals surface area contributed by atoms with Gasteiger partial charge in [-0.25, -0.2) is 4.79 Å². The lowest BCUT2D eigenvalue weighted by atomic mass is 10.2. The molecule has 0 bridgehead atoms. The van der Waals surface area contributed by atoms with Crippen LogP contribution in [-0.4, -0.2) is 22.2 Å². The van der Waals surface area contributed by atoms with Crippen LogP contribution in [0.2, 0.25) is 0 Å². The summed E-state index contributed by atoms with van der Waals surface area (Å²) in [6.07, 6.45) is 2.81. The second-order valence-electron chi connectivity index (χ2n) is 4.00. The average Bonchev–Trinajstić information content (AvgIpc) is 2.71. The van der Waals surface area contributed by atoms with Crippen LogP contribution in [0.1, 0.15) is 24.6 Å². The Labute approximate surface area is 92.0 Å². The maximum Gasteiger partial charge on any atom is 0.330 e. The molecule has 16 heavy (non-hydrogen) atoms. The Morgan fingerprint density at radius 2 is 2.31 bits per heavy atom. The van der Waals surface area contributed by atoms with Crippen molar-refractivity contribution >= 4 is 0 Å². The zero-order valence-electron chi connectivity index (χ0n) is 9.10. The van der Waals surface area contributed by atoms with E-state index < -0.39 is 5.69 Å². The van der Waals surface area contributed by atoms with Gasteiger partial charge in [0.15, 0.2) is 0 Å². The molecule has 2 heterocycles. The van der Waals surface area contributed by atoms with Gasteiger partial charge < -0.3 is 10.5 Å². The smallest absolute Gasteiger partial charge is 0.330 e. The standard InChI is InChI=1S/C10H15N3O3/c1-6-5-13(10(15)12-9(6)14)8-3-2-7(4-11)16-8/h5,7-8H,2-4,11H2,1H3,(H,12,14,15). The lowest BCUT2D eigenvalue weighted by molar-refractivity contribution is 0.00348. The molecule has 0 amide bonds. The quantitative estimate of drug-likeness (QED) is 0.708. The molecule has 3 N–H and O–H groups in total. The van der Waals surface area contributed by atoms with E-state index in [0.29, 0.717) is 12.1 Å². The third-order valence-electron chi connectivity index (χ3n) is 2.80. The highest BCUT2D eigenvalue weighted by Crippen LogP contribution is 2.26. The van der Waals surface area contributed by atoms with Crippen molar-refractivity contribution in [2.45, 2.75) is 32.1 Å². The average molecular weight is 225 g/mol. The predicted molar refractivity (Wildman–Crippen MR) is 58.3 cm³/mol. The number of aromatic amines is 1. The van der Waals surface area contributed by atoms with Crippen molar-refractivity contribution in [1.29, 1.82) is 0 Å². The van der Waals surface area contributed by atoms with Gasteiger partial charge in [0.1, 0.15) is 6.23 Å². The molecular formula is C10H15N3O3. The Morgan fingerprint density at radius 3 is 2.94 bits per heavy atom. The fourth-order valence-electron chi connectivity index (χ4n) is 1.86. The Kier molecular flexibility index (Phi) is 2.93. The molecule has 2 unspecified atom stereocenters. The van der Waals surface area contributed by atoms with Crippen molar-refractivity contribution in [2.75, 3.05) is 6.54 Å². The van der Waals surface area contributed by atoms with E-state index in [2.05, 4.69) is 4.98 Å². The summed E-state index contributed by atoms with van der Waals surface area (Å²) in [7, 11) is 0. The number of nitrogens with zero attached hydrogens (tertiary/aromatic N) is 1. The molecule has 1 aromatic heterocycles. The first-order valence-electron chi connectivity index (χ1n) is 5.29. The van der Waals surface area contributed by atoms with Gasteiger partial charge in [0, 0.05) is 18.3 Å². The fourth-order valence-corrected chi connectivity index (χ4v) is 1.86. The van der Waals surface area contributed by atoms with Crippen LogP contribution in [0.5, 0.6) is 0 Å². The minimum atomic E-state index is -0.432. The second-order valence-corrected chi connectivity index (χ2v) is 4.00. The van der Waals surface area contributed by atoms with E-state index in [-0.39, 0.29) is 17.9 Å². The first-order valence-corrected chi connectivity index (χ1v) is 5.29. The van der Waals surface area contributed by atoms with Crippen molar-refractivity contribution < 1.29 is 4.74 Å². The van der Waals surface area contributed by atoms with Crippen molar-refractivity contribution in [3.63, 3.8) is 0 Å². The van der Waals surface area contributed by atoms with Crippen LogP contribution in [0.15, 0.2) is 15.8 Å². The third kappa shape index (κ3) is 1.94. The molecule has 0 aromatic carbocycles. The second kappa shape index (κ2) is 4.23. The van der Waals surface area contributed by atoms with Crippen LogP contribution in [0, 0.1) is 6.92 Å². The van der Waals surface area contributed by atoms with Gasteiger partial charge in [0.05, 0.1) is 6.10 Å². The van der Waals surface area contributed by atoms with Gasteiger partial charge in [-0.2, -0.15) is 0 Å². The minimum Gasteiger partial charge on any atom is -0.353 e. The number of rotatable bonds is 2. The normalized spacial score (nSPS) is 24.9. The molecule has 1 fully saturated rings. The minimum absolute atomic E-state index is 0.00383. The molecule has 6 heteroatoms. The van der Waals surface area contributed by atoms with Crippen LogP contribution < -0.4 is 17.0 Å². The van der Waals surface area contributed by atoms with E-state index in [0.717, 1.165) is 12.8 Å². The summed E-state index contributed by atoms with van der Waals surface area (Å²) >= 11 is 0. The van der Waals surface area contributed by atoms with E-state index in [1.165, 1.54) is 10.8 Å².